The molecule has 0 unspecified atom stereocenters. The molecule has 1 aromatic carbocycles. The third kappa shape index (κ3) is 2.08. The number of anilines is 1. The van der Waals surface area contributed by atoms with Crippen molar-refractivity contribution in [3.05, 3.63) is 47.4 Å². The van der Waals surface area contributed by atoms with Crippen molar-refractivity contribution in [3.8, 4) is 0 Å². The number of aryl methyl sites for hydroxylation is 1. The van der Waals surface area contributed by atoms with E-state index in [2.05, 4.69) is 44.2 Å². The summed E-state index contributed by atoms with van der Waals surface area (Å²) in [6.07, 6.45) is 3.82. The Morgan fingerprint density at radius 3 is 3.04 bits per heavy atom. The number of benzene rings is 1. The molecular weight excluding hydrogens is 320 g/mol. The van der Waals surface area contributed by atoms with Crippen molar-refractivity contribution in [2.45, 2.75) is 25.8 Å². The van der Waals surface area contributed by atoms with Gasteiger partial charge in [0.1, 0.15) is 17.2 Å². The predicted molar refractivity (Wildman–Crippen MR) is 94.5 cm³/mol. The molecule has 3 aromatic heterocycles. The number of hydrogen-bond donors (Lipinski definition) is 0. The zero-order valence-corrected chi connectivity index (χ0v) is 14.1. The van der Waals surface area contributed by atoms with Crippen LogP contribution in [0.15, 0.2) is 36.7 Å². The Balaban J connectivity index is 1.63. The molecule has 0 saturated carbocycles. The van der Waals surface area contributed by atoms with E-state index in [-0.39, 0.29) is 6.04 Å². The van der Waals surface area contributed by atoms with E-state index in [4.69, 9.17) is 4.98 Å². The van der Waals surface area contributed by atoms with Crippen molar-refractivity contribution in [1.82, 2.24) is 24.6 Å². The van der Waals surface area contributed by atoms with Gasteiger partial charge in [-0.3, -0.25) is 0 Å². The third-order valence-corrected chi connectivity index (χ3v) is 5.64. The highest BCUT2D eigenvalue weighted by Gasteiger charge is 2.31. The van der Waals surface area contributed by atoms with Gasteiger partial charge in [0, 0.05) is 18.3 Å². The highest BCUT2D eigenvalue weighted by atomic mass is 32.1. The Morgan fingerprint density at radius 2 is 2.12 bits per heavy atom. The second-order valence-corrected chi connectivity index (χ2v) is 7.16. The standard InChI is InChI=1S/C17H16N6S/c1-11-9-15(23-17(20-11)18-10-19-23)22-8-4-6-13(22)16-21-12-5-2-3-7-14(12)24-16/h2-3,5,7,9-10,13H,4,6,8H2,1H3/t13-/m0/s1. The van der Waals surface area contributed by atoms with Gasteiger partial charge in [0.25, 0.3) is 5.78 Å². The highest BCUT2D eigenvalue weighted by Crippen LogP contribution is 2.39. The lowest BCUT2D eigenvalue weighted by Crippen LogP contribution is -2.25. The first-order valence-electron chi connectivity index (χ1n) is 8.09. The van der Waals surface area contributed by atoms with Crippen LogP contribution in [0.4, 0.5) is 5.82 Å². The fourth-order valence-electron chi connectivity index (χ4n) is 3.45. The minimum Gasteiger partial charge on any atom is -0.347 e. The Kier molecular flexibility index (Phi) is 3.02. The molecule has 0 N–H and O–H groups in total. The molecule has 1 saturated heterocycles. The van der Waals surface area contributed by atoms with E-state index in [0.717, 1.165) is 36.4 Å². The van der Waals surface area contributed by atoms with Crippen LogP contribution in [-0.2, 0) is 0 Å². The van der Waals surface area contributed by atoms with Crippen LogP contribution in [0, 0.1) is 6.92 Å². The van der Waals surface area contributed by atoms with Crippen molar-refractivity contribution in [2.24, 2.45) is 0 Å². The van der Waals surface area contributed by atoms with Crippen LogP contribution in [0.1, 0.15) is 29.6 Å². The van der Waals surface area contributed by atoms with Crippen LogP contribution >= 0.6 is 11.3 Å². The van der Waals surface area contributed by atoms with Crippen LogP contribution in [0.5, 0.6) is 0 Å². The van der Waals surface area contributed by atoms with Crippen molar-refractivity contribution in [1.29, 1.82) is 0 Å². The molecule has 0 amide bonds. The average molecular weight is 336 g/mol. The number of hydrogen-bond acceptors (Lipinski definition) is 6. The summed E-state index contributed by atoms with van der Waals surface area (Å²) >= 11 is 1.79. The van der Waals surface area contributed by atoms with E-state index in [1.807, 2.05) is 17.5 Å². The number of thiazole rings is 1. The Labute approximate surface area is 142 Å². The maximum Gasteiger partial charge on any atom is 0.254 e. The maximum absolute atomic E-state index is 4.88. The van der Waals surface area contributed by atoms with Gasteiger partial charge in [0.15, 0.2) is 0 Å². The highest BCUT2D eigenvalue weighted by molar-refractivity contribution is 7.18. The van der Waals surface area contributed by atoms with Gasteiger partial charge in [0.05, 0.1) is 16.3 Å². The maximum atomic E-state index is 4.88. The first-order chi connectivity index (χ1) is 11.8. The van der Waals surface area contributed by atoms with E-state index in [1.165, 1.54) is 9.71 Å². The number of para-hydroxylation sites is 1. The van der Waals surface area contributed by atoms with Crippen molar-refractivity contribution < 1.29 is 0 Å². The Morgan fingerprint density at radius 1 is 1.21 bits per heavy atom. The minimum absolute atomic E-state index is 0.289. The summed E-state index contributed by atoms with van der Waals surface area (Å²) in [5.41, 5.74) is 2.04. The number of rotatable bonds is 2. The van der Waals surface area contributed by atoms with Crippen molar-refractivity contribution in [2.75, 3.05) is 11.4 Å². The quantitative estimate of drug-likeness (QED) is 0.561. The van der Waals surface area contributed by atoms with Gasteiger partial charge in [-0.05, 0) is 31.9 Å². The molecule has 0 radical (unpaired) electrons. The summed E-state index contributed by atoms with van der Waals surface area (Å²) in [6.45, 7) is 3.00. The van der Waals surface area contributed by atoms with Gasteiger partial charge in [-0.25, -0.2) is 9.97 Å². The molecule has 5 rings (SSSR count). The number of nitrogens with zero attached hydrogens (tertiary/aromatic N) is 6. The van der Waals surface area contributed by atoms with E-state index >= 15 is 0 Å². The second-order valence-electron chi connectivity index (χ2n) is 6.10. The molecule has 6 nitrogen and oxygen atoms in total. The lowest BCUT2D eigenvalue weighted by molar-refractivity contribution is 0.693. The fourth-order valence-corrected chi connectivity index (χ4v) is 4.56. The van der Waals surface area contributed by atoms with Crippen LogP contribution < -0.4 is 4.90 Å². The van der Waals surface area contributed by atoms with Gasteiger partial charge >= 0.3 is 0 Å². The lowest BCUT2D eigenvalue weighted by Gasteiger charge is -2.25. The largest absolute Gasteiger partial charge is 0.347 e. The van der Waals surface area contributed by atoms with E-state index in [0.29, 0.717) is 5.78 Å². The zero-order chi connectivity index (χ0) is 16.1. The third-order valence-electron chi connectivity index (χ3n) is 4.50. The number of fused-ring (bicyclic) bond motifs is 2. The summed E-state index contributed by atoms with van der Waals surface area (Å²) in [5, 5.41) is 5.54. The van der Waals surface area contributed by atoms with Gasteiger partial charge in [-0.2, -0.15) is 14.6 Å². The Hall–Kier alpha value is -2.54. The molecular formula is C17H16N6S. The smallest absolute Gasteiger partial charge is 0.254 e. The molecule has 0 aliphatic carbocycles. The van der Waals surface area contributed by atoms with E-state index in [9.17, 15) is 0 Å². The summed E-state index contributed by atoms with van der Waals surface area (Å²) in [4.78, 5) is 16.0. The summed E-state index contributed by atoms with van der Waals surface area (Å²) in [5.74, 6) is 1.71. The van der Waals surface area contributed by atoms with Crippen LogP contribution in [-0.4, -0.2) is 31.1 Å². The second kappa shape index (κ2) is 5.24. The van der Waals surface area contributed by atoms with Crippen molar-refractivity contribution >= 4 is 33.1 Å². The van der Waals surface area contributed by atoms with E-state index < -0.39 is 0 Å². The minimum atomic E-state index is 0.289. The first kappa shape index (κ1) is 13.9. The van der Waals surface area contributed by atoms with Crippen LogP contribution in [0.2, 0.25) is 0 Å². The van der Waals surface area contributed by atoms with Crippen LogP contribution in [0.25, 0.3) is 16.0 Å². The molecule has 1 aliphatic heterocycles. The first-order valence-corrected chi connectivity index (χ1v) is 8.91. The molecule has 1 fully saturated rings. The SMILES string of the molecule is Cc1cc(N2CCC[C@H]2c2nc3ccccc3s2)n2ncnc2n1. The molecule has 120 valence electrons. The normalized spacial score (nSPS) is 18.0. The molecule has 0 bridgehead atoms. The molecule has 4 heterocycles. The Bertz CT molecular complexity index is 1000. The molecule has 24 heavy (non-hydrogen) atoms. The van der Waals surface area contributed by atoms with E-state index in [1.54, 1.807) is 17.7 Å². The monoisotopic (exact) mass is 336 g/mol. The molecule has 4 aromatic rings. The molecule has 1 atom stereocenters. The lowest BCUT2D eigenvalue weighted by atomic mass is 10.2. The number of aromatic nitrogens is 5. The average Bonchev–Trinajstić information content (AvgIpc) is 3.31. The molecule has 7 heteroatoms. The van der Waals surface area contributed by atoms with Gasteiger partial charge in [-0.15, -0.1) is 11.3 Å². The summed E-state index contributed by atoms with van der Waals surface area (Å²) in [7, 11) is 0. The van der Waals surface area contributed by atoms with Crippen molar-refractivity contribution in [3.63, 3.8) is 0 Å². The molecule has 1 aliphatic rings. The zero-order valence-electron chi connectivity index (χ0n) is 13.3. The fraction of sp³-hybridized carbons (Fsp3) is 0.294. The van der Waals surface area contributed by atoms with Gasteiger partial charge in [0.2, 0.25) is 0 Å². The van der Waals surface area contributed by atoms with Gasteiger partial charge in [-0.1, -0.05) is 12.1 Å². The summed E-state index contributed by atoms with van der Waals surface area (Å²) < 4.78 is 3.08. The predicted octanol–water partition coefficient (Wildman–Crippen LogP) is 3.38. The molecule has 0 spiro atoms. The topological polar surface area (TPSA) is 59.2 Å². The summed E-state index contributed by atoms with van der Waals surface area (Å²) in [6, 6.07) is 10.7. The van der Waals surface area contributed by atoms with Gasteiger partial charge < -0.3 is 4.90 Å². The van der Waals surface area contributed by atoms with Crippen LogP contribution in [0.3, 0.4) is 0 Å².